The average molecular weight is 264 g/mol. The summed E-state index contributed by atoms with van der Waals surface area (Å²) < 4.78 is 5.41. The van der Waals surface area contributed by atoms with Gasteiger partial charge < -0.3 is 15.4 Å². The Bertz CT molecular complexity index is 363. The van der Waals surface area contributed by atoms with Crippen LogP contribution in [0.5, 0.6) is 0 Å². The van der Waals surface area contributed by atoms with E-state index in [1.54, 1.807) is 0 Å². The predicted octanol–water partition coefficient (Wildman–Crippen LogP) is 2.55. The fraction of sp³-hybridized carbons (Fsp3) is 0.533. The van der Waals surface area contributed by atoms with E-state index in [2.05, 4.69) is 17.6 Å². The molecule has 0 aliphatic heterocycles. The monoisotopic (exact) mass is 264 g/mol. The van der Waals surface area contributed by atoms with Crippen molar-refractivity contribution >= 4 is 11.6 Å². The van der Waals surface area contributed by atoms with Crippen LogP contribution in [0.15, 0.2) is 24.3 Å². The zero-order chi connectivity index (χ0) is 13.9. The van der Waals surface area contributed by atoms with Crippen molar-refractivity contribution in [3.63, 3.8) is 0 Å². The molecule has 106 valence electrons. The number of benzene rings is 1. The molecule has 2 N–H and O–H groups in total. The normalized spacial score (nSPS) is 10.4. The van der Waals surface area contributed by atoms with E-state index in [0.29, 0.717) is 0 Å². The van der Waals surface area contributed by atoms with Gasteiger partial charge in [0.1, 0.15) is 0 Å². The molecule has 0 heterocycles. The highest BCUT2D eigenvalue weighted by Gasteiger charge is 1.96. The van der Waals surface area contributed by atoms with Crippen LogP contribution in [0, 0.1) is 0 Å². The molecular weight excluding hydrogens is 240 g/mol. The van der Waals surface area contributed by atoms with Gasteiger partial charge in [-0.3, -0.25) is 4.79 Å². The predicted molar refractivity (Wildman–Crippen MR) is 78.2 cm³/mol. The van der Waals surface area contributed by atoms with E-state index in [9.17, 15) is 4.79 Å². The van der Waals surface area contributed by atoms with Gasteiger partial charge in [0.2, 0.25) is 5.91 Å². The van der Waals surface area contributed by atoms with Crippen LogP contribution in [-0.2, 0) is 16.1 Å². The van der Waals surface area contributed by atoms with Crippen LogP contribution in [-0.4, -0.2) is 25.7 Å². The third-order valence-corrected chi connectivity index (χ3v) is 2.59. The van der Waals surface area contributed by atoms with Gasteiger partial charge >= 0.3 is 0 Å². The SMILES string of the molecule is CCCOCCCNCc1ccc(NC(C)=O)cc1. The second kappa shape index (κ2) is 9.53. The Morgan fingerprint density at radius 2 is 1.95 bits per heavy atom. The van der Waals surface area contributed by atoms with Crippen LogP contribution in [0.2, 0.25) is 0 Å². The number of nitrogens with one attached hydrogen (secondary N) is 2. The number of anilines is 1. The average Bonchev–Trinajstić information content (AvgIpc) is 2.39. The largest absolute Gasteiger partial charge is 0.381 e. The minimum Gasteiger partial charge on any atom is -0.381 e. The van der Waals surface area contributed by atoms with Gasteiger partial charge in [-0.1, -0.05) is 19.1 Å². The minimum absolute atomic E-state index is 0.0436. The van der Waals surface area contributed by atoms with Crippen LogP contribution < -0.4 is 10.6 Å². The molecule has 4 nitrogen and oxygen atoms in total. The van der Waals surface area contributed by atoms with Gasteiger partial charge in [0.05, 0.1) is 0 Å². The van der Waals surface area contributed by atoms with Crippen molar-refractivity contribution in [2.75, 3.05) is 25.1 Å². The lowest BCUT2D eigenvalue weighted by Crippen LogP contribution is -2.16. The second-order valence-electron chi connectivity index (χ2n) is 4.52. The molecule has 1 aromatic carbocycles. The van der Waals surface area contributed by atoms with E-state index in [1.807, 2.05) is 24.3 Å². The molecule has 0 aromatic heterocycles. The molecule has 1 amide bonds. The Morgan fingerprint density at radius 1 is 1.21 bits per heavy atom. The molecule has 0 aliphatic rings. The van der Waals surface area contributed by atoms with Gasteiger partial charge in [-0.25, -0.2) is 0 Å². The van der Waals surface area contributed by atoms with E-state index >= 15 is 0 Å². The molecule has 0 saturated heterocycles. The third kappa shape index (κ3) is 7.59. The standard InChI is InChI=1S/C15H24N2O2/c1-3-10-19-11-4-9-16-12-14-5-7-15(8-6-14)17-13(2)18/h5-8,16H,3-4,9-12H2,1-2H3,(H,17,18). The maximum Gasteiger partial charge on any atom is 0.221 e. The molecule has 4 heteroatoms. The van der Waals surface area contributed by atoms with E-state index in [-0.39, 0.29) is 5.91 Å². The van der Waals surface area contributed by atoms with Crippen LogP contribution in [0.3, 0.4) is 0 Å². The quantitative estimate of drug-likeness (QED) is 0.674. The van der Waals surface area contributed by atoms with Crippen LogP contribution in [0.25, 0.3) is 0 Å². The van der Waals surface area contributed by atoms with Gasteiger partial charge in [0.25, 0.3) is 0 Å². The first-order chi connectivity index (χ1) is 9.22. The summed E-state index contributed by atoms with van der Waals surface area (Å²) in [6, 6.07) is 7.88. The number of carbonyl (C=O) groups excluding carboxylic acids is 1. The number of ether oxygens (including phenoxy) is 1. The van der Waals surface area contributed by atoms with Crippen molar-refractivity contribution < 1.29 is 9.53 Å². The van der Waals surface area contributed by atoms with Crippen LogP contribution >= 0.6 is 0 Å². The smallest absolute Gasteiger partial charge is 0.221 e. The lowest BCUT2D eigenvalue weighted by atomic mass is 10.2. The molecule has 1 rings (SSSR count). The highest BCUT2D eigenvalue weighted by molar-refractivity contribution is 5.88. The topological polar surface area (TPSA) is 50.4 Å². The fourth-order valence-corrected chi connectivity index (χ4v) is 1.69. The Balaban J connectivity index is 2.14. The number of hydrogen-bond donors (Lipinski definition) is 2. The number of hydrogen-bond acceptors (Lipinski definition) is 3. The van der Waals surface area contributed by atoms with Crippen LogP contribution in [0.1, 0.15) is 32.3 Å². The summed E-state index contributed by atoms with van der Waals surface area (Å²) in [5, 5.41) is 6.12. The summed E-state index contributed by atoms with van der Waals surface area (Å²) in [5.41, 5.74) is 2.05. The molecule has 0 fully saturated rings. The van der Waals surface area contributed by atoms with Crippen molar-refractivity contribution in [2.24, 2.45) is 0 Å². The Labute approximate surface area is 115 Å². The third-order valence-electron chi connectivity index (χ3n) is 2.59. The zero-order valence-corrected chi connectivity index (χ0v) is 11.9. The van der Waals surface area contributed by atoms with Crippen molar-refractivity contribution in [2.45, 2.75) is 33.2 Å². The Kier molecular flexibility index (Phi) is 7.86. The first kappa shape index (κ1) is 15.7. The van der Waals surface area contributed by atoms with Gasteiger partial charge in [-0.15, -0.1) is 0 Å². The van der Waals surface area contributed by atoms with Gasteiger partial charge in [0, 0.05) is 32.4 Å². The van der Waals surface area contributed by atoms with Gasteiger partial charge in [-0.05, 0) is 37.1 Å². The number of amides is 1. The van der Waals surface area contributed by atoms with Crippen molar-refractivity contribution in [3.05, 3.63) is 29.8 Å². The Morgan fingerprint density at radius 3 is 2.58 bits per heavy atom. The molecule has 1 aromatic rings. The van der Waals surface area contributed by atoms with Crippen LogP contribution in [0.4, 0.5) is 5.69 Å². The van der Waals surface area contributed by atoms with Crippen molar-refractivity contribution in [3.8, 4) is 0 Å². The van der Waals surface area contributed by atoms with E-state index < -0.39 is 0 Å². The molecule has 19 heavy (non-hydrogen) atoms. The zero-order valence-electron chi connectivity index (χ0n) is 11.9. The summed E-state index contributed by atoms with van der Waals surface area (Å²) in [6.07, 6.45) is 2.11. The first-order valence-electron chi connectivity index (χ1n) is 6.87. The summed E-state index contributed by atoms with van der Waals surface area (Å²) in [4.78, 5) is 10.9. The van der Waals surface area contributed by atoms with E-state index in [0.717, 1.165) is 44.8 Å². The lowest BCUT2D eigenvalue weighted by molar-refractivity contribution is -0.114. The molecule has 0 bridgehead atoms. The minimum atomic E-state index is -0.0436. The number of rotatable bonds is 9. The molecule has 0 saturated carbocycles. The molecule has 0 atom stereocenters. The number of carbonyl (C=O) groups is 1. The summed E-state index contributed by atoms with van der Waals surface area (Å²) in [5.74, 6) is -0.0436. The maximum absolute atomic E-state index is 10.9. The molecule has 0 aliphatic carbocycles. The molecule has 0 unspecified atom stereocenters. The Hall–Kier alpha value is -1.39. The van der Waals surface area contributed by atoms with Gasteiger partial charge in [-0.2, -0.15) is 0 Å². The van der Waals surface area contributed by atoms with Crippen molar-refractivity contribution in [1.82, 2.24) is 5.32 Å². The lowest BCUT2D eigenvalue weighted by Gasteiger charge is -2.07. The summed E-state index contributed by atoms with van der Waals surface area (Å²) in [6.45, 7) is 7.09. The highest BCUT2D eigenvalue weighted by Crippen LogP contribution is 2.09. The molecule has 0 radical (unpaired) electrons. The maximum atomic E-state index is 10.9. The highest BCUT2D eigenvalue weighted by atomic mass is 16.5. The first-order valence-corrected chi connectivity index (χ1v) is 6.87. The van der Waals surface area contributed by atoms with E-state index in [4.69, 9.17) is 4.74 Å². The molecular formula is C15H24N2O2. The van der Waals surface area contributed by atoms with E-state index in [1.165, 1.54) is 12.5 Å². The van der Waals surface area contributed by atoms with Gasteiger partial charge in [0.15, 0.2) is 0 Å². The van der Waals surface area contributed by atoms with Crippen molar-refractivity contribution in [1.29, 1.82) is 0 Å². The molecule has 0 spiro atoms. The summed E-state index contributed by atoms with van der Waals surface area (Å²) >= 11 is 0. The second-order valence-corrected chi connectivity index (χ2v) is 4.52. The fourth-order valence-electron chi connectivity index (χ4n) is 1.69. The summed E-state index contributed by atoms with van der Waals surface area (Å²) in [7, 11) is 0.